The van der Waals surface area contributed by atoms with Crippen LogP contribution in [0.4, 0.5) is 5.82 Å². The van der Waals surface area contributed by atoms with Crippen LogP contribution >= 0.6 is 0 Å². The predicted octanol–water partition coefficient (Wildman–Crippen LogP) is 4.50. The molecule has 1 aromatic heterocycles. The first-order chi connectivity index (χ1) is 15.9. The lowest BCUT2D eigenvalue weighted by Gasteiger charge is -2.24. The average molecular weight is 444 g/mol. The van der Waals surface area contributed by atoms with Gasteiger partial charge in [-0.3, -0.25) is 14.5 Å². The van der Waals surface area contributed by atoms with Gasteiger partial charge in [-0.15, -0.1) is 0 Å². The summed E-state index contributed by atoms with van der Waals surface area (Å²) in [5, 5.41) is 11.2. The fraction of sp³-hybridized carbons (Fsp3) is 0.192. The largest absolute Gasteiger partial charge is 0.507 e. The number of ketones is 1. The second-order valence-electron chi connectivity index (χ2n) is 7.82. The molecule has 1 fully saturated rings. The summed E-state index contributed by atoms with van der Waals surface area (Å²) in [6, 6.07) is 18.0. The molecule has 2 heterocycles. The number of Topliss-reactive ketones (excluding diaryl/α,β-unsaturated/α-hetero) is 1. The van der Waals surface area contributed by atoms with Gasteiger partial charge < -0.3 is 14.6 Å². The van der Waals surface area contributed by atoms with E-state index in [9.17, 15) is 14.7 Å². The van der Waals surface area contributed by atoms with Gasteiger partial charge in [0.1, 0.15) is 23.1 Å². The minimum atomic E-state index is -0.850. The van der Waals surface area contributed by atoms with Gasteiger partial charge in [0.2, 0.25) is 0 Å². The number of ether oxygens (including phenoxy) is 2. The summed E-state index contributed by atoms with van der Waals surface area (Å²) in [6.45, 7) is 3.84. The van der Waals surface area contributed by atoms with E-state index < -0.39 is 17.7 Å². The molecule has 0 saturated carbocycles. The van der Waals surface area contributed by atoms with Crippen molar-refractivity contribution in [3.05, 3.63) is 89.6 Å². The summed E-state index contributed by atoms with van der Waals surface area (Å²) in [4.78, 5) is 31.8. The lowest BCUT2D eigenvalue weighted by Crippen LogP contribution is -2.30. The minimum absolute atomic E-state index is 0.00298. The third kappa shape index (κ3) is 4.30. The van der Waals surface area contributed by atoms with E-state index in [1.54, 1.807) is 80.0 Å². The number of carbonyl (C=O) groups is 2. The van der Waals surface area contributed by atoms with Crippen LogP contribution in [0.3, 0.4) is 0 Å². The molecule has 7 heteroatoms. The maximum atomic E-state index is 13.1. The molecule has 1 aliphatic rings. The van der Waals surface area contributed by atoms with E-state index in [1.165, 1.54) is 4.90 Å². The van der Waals surface area contributed by atoms with Crippen LogP contribution in [0.2, 0.25) is 0 Å². The van der Waals surface area contributed by atoms with Gasteiger partial charge in [-0.25, -0.2) is 4.98 Å². The number of hydrogen-bond donors (Lipinski definition) is 1. The van der Waals surface area contributed by atoms with Crippen LogP contribution in [0.25, 0.3) is 5.76 Å². The Morgan fingerprint density at radius 3 is 2.21 bits per heavy atom. The van der Waals surface area contributed by atoms with Crippen molar-refractivity contribution in [1.82, 2.24) is 4.98 Å². The van der Waals surface area contributed by atoms with Crippen LogP contribution in [-0.2, 0) is 9.59 Å². The lowest BCUT2D eigenvalue weighted by atomic mass is 9.95. The lowest BCUT2D eigenvalue weighted by molar-refractivity contribution is -0.132. The van der Waals surface area contributed by atoms with E-state index in [0.717, 1.165) is 0 Å². The van der Waals surface area contributed by atoms with E-state index in [0.29, 0.717) is 28.4 Å². The molecule has 0 aliphatic carbocycles. The highest BCUT2D eigenvalue weighted by Crippen LogP contribution is 2.41. The van der Waals surface area contributed by atoms with Gasteiger partial charge in [-0.2, -0.15) is 0 Å². The van der Waals surface area contributed by atoms with Gasteiger partial charge in [0, 0.05) is 11.8 Å². The zero-order chi connectivity index (χ0) is 23.5. The van der Waals surface area contributed by atoms with Crippen molar-refractivity contribution in [3.8, 4) is 11.5 Å². The Balaban J connectivity index is 1.85. The van der Waals surface area contributed by atoms with E-state index in [1.807, 2.05) is 13.8 Å². The smallest absolute Gasteiger partial charge is 0.301 e. The van der Waals surface area contributed by atoms with Gasteiger partial charge in [-0.1, -0.05) is 18.2 Å². The number of pyridine rings is 1. The van der Waals surface area contributed by atoms with Crippen molar-refractivity contribution >= 4 is 23.3 Å². The molecule has 0 radical (unpaired) electrons. The zero-order valence-electron chi connectivity index (χ0n) is 18.6. The quantitative estimate of drug-likeness (QED) is 0.342. The molecular weight excluding hydrogens is 420 g/mol. The van der Waals surface area contributed by atoms with Gasteiger partial charge in [-0.05, 0) is 67.9 Å². The highest BCUT2D eigenvalue weighted by Gasteiger charge is 2.47. The van der Waals surface area contributed by atoms with Crippen molar-refractivity contribution in [1.29, 1.82) is 0 Å². The van der Waals surface area contributed by atoms with Crippen molar-refractivity contribution in [2.75, 3.05) is 12.0 Å². The third-order valence-electron chi connectivity index (χ3n) is 5.27. The Morgan fingerprint density at radius 1 is 0.970 bits per heavy atom. The first-order valence-corrected chi connectivity index (χ1v) is 10.5. The molecule has 1 saturated heterocycles. The fourth-order valence-electron chi connectivity index (χ4n) is 3.79. The number of aromatic nitrogens is 1. The van der Waals surface area contributed by atoms with Gasteiger partial charge in [0.05, 0.1) is 24.8 Å². The number of carbonyl (C=O) groups excluding carboxylic acids is 2. The minimum Gasteiger partial charge on any atom is -0.507 e. The molecule has 0 bridgehead atoms. The maximum Gasteiger partial charge on any atom is 0.301 e. The monoisotopic (exact) mass is 444 g/mol. The summed E-state index contributed by atoms with van der Waals surface area (Å²) in [6.07, 6.45) is 1.55. The molecule has 2 aromatic carbocycles. The summed E-state index contributed by atoms with van der Waals surface area (Å²) in [5.74, 6) is -0.197. The number of rotatable bonds is 6. The molecule has 168 valence electrons. The molecule has 3 aromatic rings. The van der Waals surface area contributed by atoms with Crippen LogP contribution in [-0.4, -0.2) is 35.0 Å². The Labute approximate surface area is 191 Å². The van der Waals surface area contributed by atoms with E-state index >= 15 is 0 Å². The van der Waals surface area contributed by atoms with Gasteiger partial charge >= 0.3 is 5.91 Å². The molecule has 1 aliphatic heterocycles. The number of aliphatic hydroxyl groups excluding tert-OH is 1. The van der Waals surface area contributed by atoms with Gasteiger partial charge in [0.25, 0.3) is 5.78 Å². The first kappa shape index (κ1) is 22.1. The summed E-state index contributed by atoms with van der Waals surface area (Å²) in [7, 11) is 1.56. The standard InChI is InChI=1S/C26H24N2O5/c1-16(2)33-20-13-9-18(10-14-20)24(29)22-23(17-7-11-19(32-3)12-8-17)28(26(31)25(22)30)21-6-4-5-15-27-21/h4-16,23,29H,1-3H3/b24-22+/t23-/m1/s1. The Kier molecular flexibility index (Phi) is 6.13. The van der Waals surface area contributed by atoms with Crippen LogP contribution < -0.4 is 14.4 Å². The molecule has 0 unspecified atom stereocenters. The van der Waals surface area contributed by atoms with Crippen LogP contribution in [0.15, 0.2) is 78.5 Å². The van der Waals surface area contributed by atoms with Crippen LogP contribution in [0.5, 0.6) is 11.5 Å². The third-order valence-corrected chi connectivity index (χ3v) is 5.27. The number of nitrogens with zero attached hydrogens (tertiary/aromatic N) is 2. The van der Waals surface area contributed by atoms with E-state index in [2.05, 4.69) is 4.98 Å². The number of methoxy groups -OCH3 is 1. The van der Waals surface area contributed by atoms with Crippen LogP contribution in [0.1, 0.15) is 31.0 Å². The highest BCUT2D eigenvalue weighted by atomic mass is 16.5. The Hall–Kier alpha value is -4.13. The zero-order valence-corrected chi connectivity index (χ0v) is 18.6. The summed E-state index contributed by atoms with van der Waals surface area (Å²) in [5.41, 5.74) is 1.04. The Bertz CT molecular complexity index is 1190. The molecule has 1 amide bonds. The number of aliphatic hydroxyl groups is 1. The first-order valence-electron chi connectivity index (χ1n) is 10.5. The van der Waals surface area contributed by atoms with Crippen molar-refractivity contribution in [2.24, 2.45) is 0 Å². The molecule has 7 nitrogen and oxygen atoms in total. The second-order valence-corrected chi connectivity index (χ2v) is 7.82. The number of anilines is 1. The molecule has 0 spiro atoms. The molecular formula is C26H24N2O5. The predicted molar refractivity (Wildman–Crippen MR) is 124 cm³/mol. The van der Waals surface area contributed by atoms with Crippen molar-refractivity contribution in [2.45, 2.75) is 26.0 Å². The topological polar surface area (TPSA) is 89.0 Å². The summed E-state index contributed by atoms with van der Waals surface area (Å²) >= 11 is 0. The van der Waals surface area contributed by atoms with Gasteiger partial charge in [0.15, 0.2) is 0 Å². The fourth-order valence-corrected chi connectivity index (χ4v) is 3.79. The normalized spacial score (nSPS) is 17.5. The van der Waals surface area contributed by atoms with E-state index in [-0.39, 0.29) is 17.4 Å². The highest BCUT2D eigenvalue weighted by molar-refractivity contribution is 6.51. The molecule has 1 N–H and O–H groups in total. The average Bonchev–Trinajstić information content (AvgIpc) is 3.10. The van der Waals surface area contributed by atoms with Crippen molar-refractivity contribution in [3.63, 3.8) is 0 Å². The van der Waals surface area contributed by atoms with Crippen LogP contribution in [0, 0.1) is 0 Å². The Morgan fingerprint density at radius 2 is 1.64 bits per heavy atom. The maximum absolute atomic E-state index is 13.1. The number of hydrogen-bond acceptors (Lipinski definition) is 6. The van der Waals surface area contributed by atoms with E-state index in [4.69, 9.17) is 9.47 Å². The number of amides is 1. The second kappa shape index (κ2) is 9.16. The molecule has 33 heavy (non-hydrogen) atoms. The SMILES string of the molecule is COc1ccc([C@@H]2/C(=C(\O)c3ccc(OC(C)C)cc3)C(=O)C(=O)N2c2ccccn2)cc1. The summed E-state index contributed by atoms with van der Waals surface area (Å²) < 4.78 is 10.9. The van der Waals surface area contributed by atoms with Crippen molar-refractivity contribution < 1.29 is 24.2 Å². The number of benzene rings is 2. The molecule has 4 rings (SSSR count). The molecule has 1 atom stereocenters.